The zero-order valence-electron chi connectivity index (χ0n) is 12.0. The molecule has 0 aliphatic rings. The van der Waals surface area contributed by atoms with E-state index in [9.17, 15) is 14.7 Å². The molecule has 0 saturated heterocycles. The molecule has 0 aliphatic heterocycles. The van der Waals surface area contributed by atoms with Gasteiger partial charge in [-0.15, -0.1) is 0 Å². The van der Waals surface area contributed by atoms with E-state index in [0.717, 1.165) is 0 Å². The number of para-hydroxylation sites is 1. The predicted octanol–water partition coefficient (Wildman–Crippen LogP) is 2.27. The van der Waals surface area contributed by atoms with Gasteiger partial charge < -0.3 is 10.0 Å². The van der Waals surface area contributed by atoms with Gasteiger partial charge in [0.15, 0.2) is 0 Å². The van der Waals surface area contributed by atoms with Gasteiger partial charge in [-0.25, -0.2) is 0 Å². The lowest BCUT2D eigenvalue weighted by Crippen LogP contribution is -2.44. The fourth-order valence-corrected chi connectivity index (χ4v) is 2.02. The first-order valence-corrected chi connectivity index (χ1v) is 6.19. The monoisotopic (exact) mass is 274 g/mol. The number of aliphatic carboxylic acids is 1. The first-order chi connectivity index (χ1) is 9.20. The van der Waals surface area contributed by atoms with Crippen LogP contribution in [0, 0.1) is 22.7 Å². The standard InChI is InChI=1S/C15H18N2O3/c1-15(2,3)12(14(19)20)13(18)17(4)11-8-6-5-7-10(11)9-16/h5-8,12H,1-4H3,(H,19,20). The average molecular weight is 274 g/mol. The van der Waals surface area contributed by atoms with Crippen molar-refractivity contribution in [3.8, 4) is 6.07 Å². The van der Waals surface area contributed by atoms with Crippen LogP contribution in [0.3, 0.4) is 0 Å². The van der Waals surface area contributed by atoms with E-state index < -0.39 is 23.2 Å². The van der Waals surface area contributed by atoms with Crippen LogP contribution in [0.15, 0.2) is 24.3 Å². The highest BCUT2D eigenvalue weighted by Crippen LogP contribution is 2.30. The lowest BCUT2D eigenvalue weighted by molar-refractivity contribution is -0.150. The molecule has 1 amide bonds. The molecular weight excluding hydrogens is 256 g/mol. The third kappa shape index (κ3) is 3.15. The first kappa shape index (κ1) is 15.7. The first-order valence-electron chi connectivity index (χ1n) is 6.19. The zero-order chi connectivity index (χ0) is 15.5. The SMILES string of the molecule is CN(C(=O)C(C(=O)O)C(C)(C)C)c1ccccc1C#N. The minimum atomic E-state index is -1.17. The predicted molar refractivity (Wildman–Crippen MR) is 75.1 cm³/mol. The molecule has 0 aromatic heterocycles. The molecule has 106 valence electrons. The van der Waals surface area contributed by atoms with Gasteiger partial charge in [-0.2, -0.15) is 5.26 Å². The Morgan fingerprint density at radius 3 is 2.30 bits per heavy atom. The fourth-order valence-electron chi connectivity index (χ4n) is 2.02. The number of amides is 1. The van der Waals surface area contributed by atoms with E-state index in [0.29, 0.717) is 11.3 Å². The van der Waals surface area contributed by atoms with Gasteiger partial charge >= 0.3 is 5.97 Å². The van der Waals surface area contributed by atoms with Crippen molar-refractivity contribution in [2.24, 2.45) is 11.3 Å². The van der Waals surface area contributed by atoms with Crippen LogP contribution in [-0.2, 0) is 9.59 Å². The number of carbonyl (C=O) groups excluding carboxylic acids is 1. The van der Waals surface area contributed by atoms with Gasteiger partial charge in [0.1, 0.15) is 12.0 Å². The molecule has 0 saturated carbocycles. The number of rotatable bonds is 3. The van der Waals surface area contributed by atoms with Crippen molar-refractivity contribution >= 4 is 17.6 Å². The molecule has 1 aromatic carbocycles. The topological polar surface area (TPSA) is 81.4 Å². The lowest BCUT2D eigenvalue weighted by Gasteiger charge is -2.30. The summed E-state index contributed by atoms with van der Waals surface area (Å²) in [6, 6.07) is 8.60. The summed E-state index contributed by atoms with van der Waals surface area (Å²) in [4.78, 5) is 25.0. The Morgan fingerprint density at radius 1 is 1.30 bits per heavy atom. The molecule has 1 unspecified atom stereocenters. The van der Waals surface area contributed by atoms with Gasteiger partial charge in [0.2, 0.25) is 5.91 Å². The Hall–Kier alpha value is -2.35. The quantitative estimate of drug-likeness (QED) is 0.857. The largest absolute Gasteiger partial charge is 0.481 e. The Labute approximate surface area is 118 Å². The molecule has 0 fully saturated rings. The van der Waals surface area contributed by atoms with Gasteiger partial charge in [-0.1, -0.05) is 32.9 Å². The van der Waals surface area contributed by atoms with Gasteiger partial charge in [0.05, 0.1) is 11.3 Å². The summed E-state index contributed by atoms with van der Waals surface area (Å²) >= 11 is 0. The molecule has 0 spiro atoms. The summed E-state index contributed by atoms with van der Waals surface area (Å²) in [6.45, 7) is 5.11. The van der Waals surface area contributed by atoms with Crippen LogP contribution in [0.4, 0.5) is 5.69 Å². The number of carboxylic acid groups (broad SMARTS) is 1. The Morgan fingerprint density at radius 2 is 1.85 bits per heavy atom. The molecule has 1 N–H and O–H groups in total. The van der Waals surface area contributed by atoms with Crippen LogP contribution in [0.5, 0.6) is 0 Å². The Bertz CT molecular complexity index is 567. The van der Waals surface area contributed by atoms with E-state index in [4.69, 9.17) is 5.26 Å². The lowest BCUT2D eigenvalue weighted by atomic mass is 9.80. The molecule has 1 atom stereocenters. The van der Waals surface area contributed by atoms with Crippen LogP contribution >= 0.6 is 0 Å². The number of benzene rings is 1. The summed E-state index contributed by atoms with van der Waals surface area (Å²) < 4.78 is 0. The molecule has 1 rings (SSSR count). The molecule has 0 radical (unpaired) electrons. The van der Waals surface area contributed by atoms with E-state index in [-0.39, 0.29) is 0 Å². The van der Waals surface area contributed by atoms with Crippen LogP contribution in [-0.4, -0.2) is 24.0 Å². The van der Waals surface area contributed by atoms with Crippen molar-refractivity contribution in [3.05, 3.63) is 29.8 Å². The highest BCUT2D eigenvalue weighted by atomic mass is 16.4. The maximum absolute atomic E-state index is 12.4. The van der Waals surface area contributed by atoms with E-state index in [2.05, 4.69) is 0 Å². The van der Waals surface area contributed by atoms with E-state index >= 15 is 0 Å². The van der Waals surface area contributed by atoms with E-state index in [1.807, 2.05) is 6.07 Å². The van der Waals surface area contributed by atoms with Crippen molar-refractivity contribution in [2.45, 2.75) is 20.8 Å². The molecule has 1 aromatic rings. The van der Waals surface area contributed by atoms with Crippen LogP contribution in [0.25, 0.3) is 0 Å². The van der Waals surface area contributed by atoms with Crippen molar-refractivity contribution in [2.75, 3.05) is 11.9 Å². The van der Waals surface area contributed by atoms with Crippen molar-refractivity contribution in [1.29, 1.82) is 5.26 Å². The highest BCUT2D eigenvalue weighted by molar-refractivity contribution is 6.06. The van der Waals surface area contributed by atoms with Gasteiger partial charge in [0, 0.05) is 7.05 Å². The molecular formula is C15H18N2O3. The number of nitrogens with zero attached hydrogens (tertiary/aromatic N) is 2. The van der Waals surface area contributed by atoms with Crippen LogP contribution in [0.2, 0.25) is 0 Å². The van der Waals surface area contributed by atoms with Crippen molar-refractivity contribution < 1.29 is 14.7 Å². The Balaban J connectivity index is 3.20. The molecule has 0 aliphatic carbocycles. The third-order valence-corrected chi connectivity index (χ3v) is 3.08. The summed E-state index contributed by atoms with van der Waals surface area (Å²) in [5, 5.41) is 18.3. The average Bonchev–Trinajstić information content (AvgIpc) is 2.35. The maximum Gasteiger partial charge on any atom is 0.316 e. The second-order valence-electron chi connectivity index (χ2n) is 5.66. The summed E-state index contributed by atoms with van der Waals surface area (Å²) in [5.74, 6) is -2.87. The second-order valence-corrected chi connectivity index (χ2v) is 5.66. The van der Waals surface area contributed by atoms with Crippen molar-refractivity contribution in [1.82, 2.24) is 0 Å². The summed E-state index contributed by atoms with van der Waals surface area (Å²) in [7, 11) is 1.49. The van der Waals surface area contributed by atoms with Gasteiger partial charge in [0.25, 0.3) is 0 Å². The third-order valence-electron chi connectivity index (χ3n) is 3.08. The molecule has 5 heteroatoms. The number of anilines is 1. The molecule has 20 heavy (non-hydrogen) atoms. The molecule has 0 bridgehead atoms. The summed E-state index contributed by atoms with van der Waals surface area (Å²) in [5.41, 5.74) is 0.0376. The smallest absolute Gasteiger partial charge is 0.316 e. The fraction of sp³-hybridized carbons (Fsp3) is 0.400. The highest BCUT2D eigenvalue weighted by Gasteiger charge is 2.39. The van der Waals surface area contributed by atoms with Gasteiger partial charge in [-0.3, -0.25) is 9.59 Å². The minimum absolute atomic E-state index is 0.335. The summed E-state index contributed by atoms with van der Waals surface area (Å²) in [6.07, 6.45) is 0. The molecule has 0 heterocycles. The molecule has 5 nitrogen and oxygen atoms in total. The maximum atomic E-state index is 12.4. The van der Waals surface area contributed by atoms with Crippen LogP contribution < -0.4 is 4.90 Å². The number of carbonyl (C=O) groups is 2. The number of hydrogen-bond acceptors (Lipinski definition) is 3. The normalized spacial score (nSPS) is 12.3. The van der Waals surface area contributed by atoms with Gasteiger partial charge in [-0.05, 0) is 17.5 Å². The number of nitriles is 1. The Kier molecular flexibility index (Phi) is 4.51. The van der Waals surface area contributed by atoms with Crippen molar-refractivity contribution in [3.63, 3.8) is 0 Å². The minimum Gasteiger partial charge on any atom is -0.481 e. The number of hydrogen-bond donors (Lipinski definition) is 1. The van der Waals surface area contributed by atoms with E-state index in [1.165, 1.54) is 11.9 Å². The van der Waals surface area contributed by atoms with E-state index in [1.54, 1.807) is 45.0 Å². The number of carboxylic acids is 1. The second kappa shape index (κ2) is 5.74. The van der Waals surface area contributed by atoms with Crippen LogP contribution in [0.1, 0.15) is 26.3 Å². The zero-order valence-corrected chi connectivity index (χ0v) is 12.0.